The summed E-state index contributed by atoms with van der Waals surface area (Å²) in [5, 5.41) is 7.06. The summed E-state index contributed by atoms with van der Waals surface area (Å²) < 4.78 is 2.08. The number of hydrogen-bond donors (Lipinski definition) is 2. The number of rotatable bonds is 13. The van der Waals surface area contributed by atoms with E-state index in [0.717, 1.165) is 48.2 Å². The third-order valence-corrected chi connectivity index (χ3v) is 8.50. The van der Waals surface area contributed by atoms with Crippen LogP contribution in [-0.2, 0) is 11.2 Å². The minimum Gasteiger partial charge on any atom is -0.365 e. The summed E-state index contributed by atoms with van der Waals surface area (Å²) in [6.07, 6.45) is 17.2. The fourth-order valence-electron chi connectivity index (χ4n) is 4.53. The van der Waals surface area contributed by atoms with Crippen molar-refractivity contribution in [2.24, 2.45) is 0 Å². The molecule has 4 rings (SSSR count). The Morgan fingerprint density at radius 1 is 1.03 bits per heavy atom. The fraction of sp³-hybridized carbons (Fsp3) is 0.520. The van der Waals surface area contributed by atoms with Gasteiger partial charge in [-0.25, -0.2) is 4.98 Å². The van der Waals surface area contributed by atoms with Crippen molar-refractivity contribution in [2.45, 2.75) is 83.1 Å². The van der Waals surface area contributed by atoms with E-state index in [0.29, 0.717) is 24.8 Å². The number of nitrogens with zero attached hydrogens (tertiary/aromatic N) is 4. The first kappa shape index (κ1) is 25.3. The predicted molar refractivity (Wildman–Crippen MR) is 151 cm³/mol. The van der Waals surface area contributed by atoms with Gasteiger partial charge in [-0.1, -0.05) is 50.7 Å². The van der Waals surface area contributed by atoms with Crippen LogP contribution in [0.2, 0.25) is 0 Å². The molecule has 7 nitrogen and oxygen atoms in total. The van der Waals surface area contributed by atoms with E-state index in [1.54, 1.807) is 0 Å². The summed E-state index contributed by atoms with van der Waals surface area (Å²) >= 11 is 2.36. The van der Waals surface area contributed by atoms with Gasteiger partial charge in [0.1, 0.15) is 12.6 Å². The maximum Gasteiger partial charge on any atom is 0.231 e. The Labute approximate surface area is 216 Å². The molecule has 0 spiro atoms. The van der Waals surface area contributed by atoms with Crippen molar-refractivity contribution in [3.05, 3.63) is 36.2 Å². The number of carbonyl (C=O) groups excluding carboxylic acids is 1. The zero-order chi connectivity index (χ0) is 23.6. The number of aromatic nitrogens is 4. The van der Waals surface area contributed by atoms with E-state index in [1.165, 1.54) is 56.9 Å². The standard InChI is InChI=1S/C25H34IN6OP/c26-34-32-18-27-22-23(28-20-11-7-5-8-12-20)30-25(31-24(22)32)29-21-15-13-19(14-16-21)10-6-3-1-2-4-9-17-33/h13-18,20,34H,1-12H2,(H2,28,29,30,31). The summed E-state index contributed by atoms with van der Waals surface area (Å²) in [4.78, 5) is 24.6. The van der Waals surface area contributed by atoms with E-state index in [1.807, 2.05) is 6.33 Å². The lowest BCUT2D eigenvalue weighted by Crippen LogP contribution is -2.23. The van der Waals surface area contributed by atoms with Crippen LogP contribution in [0.5, 0.6) is 0 Å². The molecule has 0 amide bonds. The van der Waals surface area contributed by atoms with E-state index in [9.17, 15) is 4.79 Å². The lowest BCUT2D eigenvalue weighted by Gasteiger charge is -2.23. The minimum absolute atomic E-state index is 0.455. The number of halogens is 1. The van der Waals surface area contributed by atoms with Crippen LogP contribution in [0.1, 0.15) is 76.2 Å². The number of unbranched alkanes of at least 4 members (excludes halogenated alkanes) is 5. The first-order chi connectivity index (χ1) is 16.8. The molecule has 2 heterocycles. The molecule has 2 N–H and O–H groups in total. The average Bonchev–Trinajstić information content (AvgIpc) is 3.28. The van der Waals surface area contributed by atoms with E-state index < -0.39 is 0 Å². The van der Waals surface area contributed by atoms with Gasteiger partial charge in [0, 0.05) is 18.2 Å². The molecule has 1 fully saturated rings. The smallest absolute Gasteiger partial charge is 0.231 e. The van der Waals surface area contributed by atoms with Crippen LogP contribution >= 0.6 is 28.4 Å². The number of fused-ring (bicyclic) bond motifs is 1. The summed E-state index contributed by atoms with van der Waals surface area (Å²) in [6, 6.07) is 9.05. The zero-order valence-corrected chi connectivity index (χ0v) is 22.8. The van der Waals surface area contributed by atoms with Crippen molar-refractivity contribution in [3.8, 4) is 0 Å². The number of aldehydes is 1. The number of nitrogens with one attached hydrogen (secondary N) is 2. The lowest BCUT2D eigenvalue weighted by molar-refractivity contribution is -0.107. The molecule has 3 aromatic rings. The molecule has 1 aliphatic carbocycles. The van der Waals surface area contributed by atoms with Gasteiger partial charge in [-0.2, -0.15) is 9.97 Å². The summed E-state index contributed by atoms with van der Waals surface area (Å²) in [5.41, 5.74) is 4.05. The molecule has 1 unspecified atom stereocenters. The van der Waals surface area contributed by atoms with Gasteiger partial charge in [-0.05, 0) is 71.8 Å². The Morgan fingerprint density at radius 2 is 1.79 bits per heavy atom. The van der Waals surface area contributed by atoms with Gasteiger partial charge < -0.3 is 15.4 Å². The summed E-state index contributed by atoms with van der Waals surface area (Å²) in [5.74, 6) is 1.43. The Hall–Kier alpha value is -1.80. The molecule has 182 valence electrons. The molecule has 0 saturated heterocycles. The van der Waals surface area contributed by atoms with Crippen LogP contribution < -0.4 is 10.6 Å². The van der Waals surface area contributed by atoms with Crippen LogP contribution in [0.25, 0.3) is 11.2 Å². The molecule has 2 aromatic heterocycles. The first-order valence-corrected chi connectivity index (χ1v) is 16.5. The van der Waals surface area contributed by atoms with Gasteiger partial charge in [-0.3, -0.25) is 4.34 Å². The largest absolute Gasteiger partial charge is 0.365 e. The van der Waals surface area contributed by atoms with Gasteiger partial charge >= 0.3 is 0 Å². The minimum atomic E-state index is 0.455. The number of carbonyl (C=O) groups is 1. The second-order valence-electron chi connectivity index (χ2n) is 9.04. The van der Waals surface area contributed by atoms with Gasteiger partial charge in [0.05, 0.1) is 6.37 Å². The number of aryl methyl sites for hydroxylation is 1. The molecule has 34 heavy (non-hydrogen) atoms. The fourth-order valence-corrected chi connectivity index (χ4v) is 5.93. The van der Waals surface area contributed by atoms with Crippen molar-refractivity contribution in [1.29, 1.82) is 0 Å². The maximum atomic E-state index is 10.4. The highest BCUT2D eigenvalue weighted by Gasteiger charge is 2.18. The zero-order valence-electron chi connectivity index (χ0n) is 19.6. The molecule has 1 atom stereocenters. The van der Waals surface area contributed by atoms with Crippen molar-refractivity contribution in [2.75, 3.05) is 10.6 Å². The first-order valence-electron chi connectivity index (χ1n) is 12.4. The molecular formula is C25H34IN6OP. The predicted octanol–water partition coefficient (Wildman–Crippen LogP) is 7.19. The number of anilines is 3. The Balaban J connectivity index is 1.39. The number of hydrogen-bond acceptors (Lipinski definition) is 6. The van der Waals surface area contributed by atoms with E-state index in [2.05, 4.69) is 66.3 Å². The Kier molecular flexibility index (Phi) is 9.92. The van der Waals surface area contributed by atoms with Gasteiger partial charge in [0.2, 0.25) is 5.95 Å². The van der Waals surface area contributed by atoms with E-state index in [4.69, 9.17) is 9.97 Å². The molecule has 9 heteroatoms. The number of benzene rings is 1. The molecule has 1 aromatic carbocycles. The van der Waals surface area contributed by atoms with Crippen LogP contribution in [0.3, 0.4) is 0 Å². The Morgan fingerprint density at radius 3 is 2.56 bits per heavy atom. The van der Waals surface area contributed by atoms with Crippen LogP contribution in [0.4, 0.5) is 17.5 Å². The molecule has 1 aliphatic rings. The molecule has 1 saturated carbocycles. The maximum absolute atomic E-state index is 10.4. The normalized spacial score (nSPS) is 14.7. The third kappa shape index (κ3) is 7.11. The van der Waals surface area contributed by atoms with E-state index in [-0.39, 0.29) is 0 Å². The summed E-state index contributed by atoms with van der Waals surface area (Å²) in [6.45, 7) is 0. The molecular weight excluding hydrogens is 558 g/mol. The monoisotopic (exact) mass is 592 g/mol. The molecule has 0 radical (unpaired) electrons. The van der Waals surface area contributed by atoms with E-state index >= 15 is 0 Å². The van der Waals surface area contributed by atoms with Crippen LogP contribution in [-0.4, -0.2) is 31.6 Å². The second kappa shape index (κ2) is 13.3. The van der Waals surface area contributed by atoms with Crippen molar-refractivity contribution >= 4 is 63.3 Å². The molecule has 0 aliphatic heterocycles. The van der Waals surface area contributed by atoms with Gasteiger partial charge in [-0.15, -0.1) is 0 Å². The summed E-state index contributed by atoms with van der Waals surface area (Å²) in [7, 11) is 0. The second-order valence-corrected chi connectivity index (χ2v) is 11.1. The van der Waals surface area contributed by atoms with Crippen LogP contribution in [0.15, 0.2) is 30.6 Å². The Bertz CT molecular complexity index is 1050. The quantitative estimate of drug-likeness (QED) is 0.0947. The van der Waals surface area contributed by atoms with Crippen molar-refractivity contribution < 1.29 is 4.79 Å². The highest BCUT2D eigenvalue weighted by molar-refractivity contribution is 14.2. The third-order valence-electron chi connectivity index (χ3n) is 6.43. The average molecular weight is 592 g/mol. The lowest BCUT2D eigenvalue weighted by atomic mass is 9.95. The van der Waals surface area contributed by atoms with Gasteiger partial charge in [0.25, 0.3) is 0 Å². The highest BCUT2D eigenvalue weighted by Crippen LogP contribution is 2.32. The highest BCUT2D eigenvalue weighted by atomic mass is 127. The van der Waals surface area contributed by atoms with Gasteiger partial charge in [0.15, 0.2) is 17.0 Å². The van der Waals surface area contributed by atoms with Crippen molar-refractivity contribution in [3.63, 3.8) is 0 Å². The topological polar surface area (TPSA) is 84.7 Å². The number of imidazole rings is 1. The molecule has 0 bridgehead atoms. The van der Waals surface area contributed by atoms with Crippen LogP contribution in [0, 0.1) is 0 Å². The SMILES string of the molecule is O=CCCCCCCCc1ccc(Nc2nc(NC3CCCCC3)c3ncn(PI)c3n2)cc1. The van der Waals surface area contributed by atoms with Crippen molar-refractivity contribution in [1.82, 2.24) is 19.3 Å².